The fourth-order valence-corrected chi connectivity index (χ4v) is 2.60. The van der Waals surface area contributed by atoms with Gasteiger partial charge in [0.1, 0.15) is 0 Å². The first-order valence-electron chi connectivity index (χ1n) is 6.77. The van der Waals surface area contributed by atoms with E-state index in [-0.39, 0.29) is 29.6 Å². The number of nitrogens with zero attached hydrogens (tertiary/aromatic N) is 1. The predicted octanol–water partition coefficient (Wildman–Crippen LogP) is 1.05. The zero-order valence-electron chi connectivity index (χ0n) is 11.8. The summed E-state index contributed by atoms with van der Waals surface area (Å²) in [6.45, 7) is 0. The van der Waals surface area contributed by atoms with Crippen molar-refractivity contribution in [2.45, 2.75) is 12.0 Å². The van der Waals surface area contributed by atoms with Crippen LogP contribution in [0.5, 0.6) is 0 Å². The van der Waals surface area contributed by atoms with Gasteiger partial charge < -0.3 is 20.6 Å². The van der Waals surface area contributed by atoms with Gasteiger partial charge in [-0.05, 0) is 18.2 Å². The maximum atomic E-state index is 11.4. The fourth-order valence-electron chi connectivity index (χ4n) is 2.43. The number of carboxylic acids is 1. The van der Waals surface area contributed by atoms with Crippen molar-refractivity contribution in [2.24, 2.45) is 4.99 Å². The molecule has 0 bridgehead atoms. The summed E-state index contributed by atoms with van der Waals surface area (Å²) in [5, 5.41) is 32.3. The molecule has 0 aromatic heterocycles. The van der Waals surface area contributed by atoms with Gasteiger partial charge in [-0.15, -0.1) is 0 Å². The van der Waals surface area contributed by atoms with E-state index >= 15 is 0 Å². The Morgan fingerprint density at radius 1 is 1.17 bits per heavy atom. The van der Waals surface area contributed by atoms with E-state index in [0.717, 1.165) is 0 Å². The van der Waals surface area contributed by atoms with Gasteiger partial charge in [0, 0.05) is 21.8 Å². The van der Waals surface area contributed by atoms with E-state index in [4.69, 9.17) is 11.6 Å². The molecule has 1 unspecified atom stereocenters. The zero-order chi connectivity index (χ0) is 16.6. The number of hydrogen-bond acceptors (Lipinski definition) is 5. The SMILES string of the molecule is O=C(O)C1N=C(c2ccccc2)c2cc(Cl)ccc2NC1(O)O.[NaH]. The summed E-state index contributed by atoms with van der Waals surface area (Å²) >= 11 is 6.03. The molecule has 24 heavy (non-hydrogen) atoms. The van der Waals surface area contributed by atoms with Crippen LogP contribution >= 0.6 is 11.6 Å². The second kappa shape index (κ2) is 7.23. The van der Waals surface area contributed by atoms with Gasteiger partial charge in [-0.3, -0.25) is 4.99 Å². The van der Waals surface area contributed by atoms with Crippen LogP contribution in [0.2, 0.25) is 5.02 Å². The first kappa shape index (κ1) is 18.9. The van der Waals surface area contributed by atoms with Gasteiger partial charge >= 0.3 is 35.5 Å². The van der Waals surface area contributed by atoms with E-state index in [9.17, 15) is 20.1 Å². The number of hydrogen-bond donors (Lipinski definition) is 4. The van der Waals surface area contributed by atoms with Crippen molar-refractivity contribution < 1.29 is 20.1 Å². The molecular formula is C16H14ClN2NaO4. The molecule has 0 spiro atoms. The summed E-state index contributed by atoms with van der Waals surface area (Å²) in [5.74, 6) is -4.19. The summed E-state index contributed by atoms with van der Waals surface area (Å²) in [7, 11) is 0. The first-order valence-corrected chi connectivity index (χ1v) is 7.15. The van der Waals surface area contributed by atoms with Gasteiger partial charge in [0.25, 0.3) is 5.91 Å². The maximum absolute atomic E-state index is 11.4. The van der Waals surface area contributed by atoms with E-state index in [1.807, 2.05) is 6.07 Å². The number of benzodiazepines with no additional fused rings is 1. The Bertz CT molecular complexity index is 796. The molecule has 2 aromatic carbocycles. The molecular weight excluding hydrogens is 343 g/mol. The molecule has 2 aromatic rings. The number of rotatable bonds is 2. The second-order valence-electron chi connectivity index (χ2n) is 5.13. The zero-order valence-corrected chi connectivity index (χ0v) is 12.5. The van der Waals surface area contributed by atoms with Gasteiger partial charge in [-0.25, -0.2) is 4.79 Å². The molecule has 4 N–H and O–H groups in total. The minimum atomic E-state index is -2.73. The summed E-state index contributed by atoms with van der Waals surface area (Å²) in [6, 6.07) is 11.8. The molecule has 8 heteroatoms. The monoisotopic (exact) mass is 356 g/mol. The summed E-state index contributed by atoms with van der Waals surface area (Å²) in [6.07, 6.45) is 0. The van der Waals surface area contributed by atoms with Crippen LogP contribution < -0.4 is 5.32 Å². The normalized spacial score (nSPS) is 18.3. The van der Waals surface area contributed by atoms with Gasteiger partial charge in [0.05, 0.1) is 5.71 Å². The third-order valence-corrected chi connectivity index (χ3v) is 3.71. The number of aliphatic hydroxyl groups is 2. The van der Waals surface area contributed by atoms with Crippen LogP contribution in [0, 0.1) is 0 Å². The van der Waals surface area contributed by atoms with Gasteiger partial charge in [0.2, 0.25) is 6.04 Å². The van der Waals surface area contributed by atoms with Crippen molar-refractivity contribution in [1.82, 2.24) is 0 Å². The molecule has 3 rings (SSSR count). The molecule has 0 saturated heterocycles. The summed E-state index contributed by atoms with van der Waals surface area (Å²) < 4.78 is 0. The summed E-state index contributed by atoms with van der Waals surface area (Å²) in [5.41, 5.74) is 1.76. The number of aliphatic carboxylic acids is 1. The number of carbonyl (C=O) groups is 1. The molecule has 0 aliphatic carbocycles. The second-order valence-corrected chi connectivity index (χ2v) is 5.56. The number of benzene rings is 2. The van der Waals surface area contributed by atoms with Crippen LogP contribution in [0.3, 0.4) is 0 Å². The van der Waals surface area contributed by atoms with E-state index < -0.39 is 17.9 Å². The third kappa shape index (κ3) is 3.64. The van der Waals surface area contributed by atoms with Crippen molar-refractivity contribution in [2.75, 3.05) is 5.32 Å². The van der Waals surface area contributed by atoms with Crippen LogP contribution in [0.1, 0.15) is 11.1 Å². The average Bonchev–Trinajstić information content (AvgIpc) is 2.61. The van der Waals surface area contributed by atoms with Crippen molar-refractivity contribution >= 4 is 58.5 Å². The third-order valence-electron chi connectivity index (χ3n) is 3.48. The van der Waals surface area contributed by atoms with Crippen LogP contribution in [-0.4, -0.2) is 68.5 Å². The fraction of sp³-hybridized carbons (Fsp3) is 0.125. The number of aliphatic imine (C=N–C) groups is 1. The minimum absolute atomic E-state index is 0. The molecule has 1 heterocycles. The molecule has 0 saturated carbocycles. The van der Waals surface area contributed by atoms with Crippen molar-refractivity contribution in [3.8, 4) is 0 Å². The molecule has 0 amide bonds. The number of carboxylic acid groups (broad SMARTS) is 1. The number of anilines is 1. The number of nitrogens with one attached hydrogen (secondary N) is 1. The van der Waals surface area contributed by atoms with Crippen LogP contribution in [0.25, 0.3) is 0 Å². The van der Waals surface area contributed by atoms with E-state index in [0.29, 0.717) is 27.5 Å². The Hall–Kier alpha value is -1.41. The topological polar surface area (TPSA) is 102 Å². The van der Waals surface area contributed by atoms with Gasteiger partial charge in [0.15, 0.2) is 0 Å². The molecule has 1 atom stereocenters. The Balaban J connectivity index is 0.00000208. The van der Waals surface area contributed by atoms with E-state index in [2.05, 4.69) is 10.3 Å². The van der Waals surface area contributed by atoms with E-state index in [1.165, 1.54) is 0 Å². The standard InChI is InChI=1S/C16H13ClN2O4.Na.H/c17-10-6-7-12-11(8-10)13(9-4-2-1-3-5-9)18-14(15(20)21)16(22,23)19-12;;/h1-8,14,19,22-23H,(H,20,21);;. The molecule has 6 nitrogen and oxygen atoms in total. The Labute approximate surface area is 165 Å². The van der Waals surface area contributed by atoms with Crippen molar-refractivity contribution in [3.05, 3.63) is 64.7 Å². The van der Waals surface area contributed by atoms with Gasteiger partial charge in [-0.1, -0.05) is 41.9 Å². The Morgan fingerprint density at radius 2 is 1.83 bits per heavy atom. The Kier molecular flexibility index (Phi) is 5.70. The van der Waals surface area contributed by atoms with Crippen LogP contribution in [0.4, 0.5) is 5.69 Å². The number of halogens is 1. The molecule has 0 fully saturated rings. The summed E-state index contributed by atoms with van der Waals surface area (Å²) in [4.78, 5) is 15.5. The predicted molar refractivity (Wildman–Crippen MR) is 92.9 cm³/mol. The number of fused-ring (bicyclic) bond motifs is 1. The van der Waals surface area contributed by atoms with Crippen LogP contribution in [-0.2, 0) is 4.79 Å². The Morgan fingerprint density at radius 3 is 2.46 bits per heavy atom. The van der Waals surface area contributed by atoms with Crippen molar-refractivity contribution in [3.63, 3.8) is 0 Å². The average molecular weight is 357 g/mol. The first-order chi connectivity index (χ1) is 10.9. The molecule has 120 valence electrons. The van der Waals surface area contributed by atoms with Gasteiger partial charge in [-0.2, -0.15) is 0 Å². The van der Waals surface area contributed by atoms with Crippen LogP contribution in [0.15, 0.2) is 53.5 Å². The van der Waals surface area contributed by atoms with Crippen molar-refractivity contribution in [1.29, 1.82) is 0 Å². The molecule has 1 aliphatic heterocycles. The molecule has 1 aliphatic rings. The van der Waals surface area contributed by atoms with E-state index in [1.54, 1.807) is 42.5 Å². The molecule has 0 radical (unpaired) electrons. The quantitative estimate of drug-likeness (QED) is 0.476.